The van der Waals surface area contributed by atoms with Crippen molar-refractivity contribution >= 4 is 16.9 Å². The van der Waals surface area contributed by atoms with Gasteiger partial charge in [0.1, 0.15) is 0 Å². The molecule has 1 rings (SSSR count). The minimum Gasteiger partial charge on any atom is -0.363 e. The van der Waals surface area contributed by atoms with Crippen molar-refractivity contribution in [2.45, 2.75) is 32.0 Å². The smallest absolute Gasteiger partial charge is 0.363 e. The topological polar surface area (TPSA) is 53.8 Å². The van der Waals surface area contributed by atoms with Crippen molar-refractivity contribution < 1.29 is 23.0 Å². The van der Waals surface area contributed by atoms with E-state index in [0.717, 1.165) is 11.8 Å². The van der Waals surface area contributed by atoms with Crippen molar-refractivity contribution in [3.63, 3.8) is 0 Å². The standard InChI is InChI=1S/C9H15F3N2O2S/c1-4-16-6-5(2)8(15,9(10,11)12)14-7(13-6)17-3/h5-6,15H,4H2,1-3H3,(H,13,14). The van der Waals surface area contributed by atoms with Gasteiger partial charge >= 0.3 is 6.18 Å². The van der Waals surface area contributed by atoms with E-state index in [2.05, 4.69) is 4.99 Å². The molecule has 8 heteroatoms. The van der Waals surface area contributed by atoms with Crippen LogP contribution < -0.4 is 5.32 Å². The average molecular weight is 272 g/mol. The van der Waals surface area contributed by atoms with Gasteiger partial charge in [-0.15, -0.1) is 0 Å². The summed E-state index contributed by atoms with van der Waals surface area (Å²) in [5.74, 6) is -1.22. The van der Waals surface area contributed by atoms with Crippen LogP contribution >= 0.6 is 11.8 Å². The molecule has 1 heterocycles. The molecule has 0 spiro atoms. The summed E-state index contributed by atoms with van der Waals surface area (Å²) in [4.78, 5) is 3.97. The Morgan fingerprint density at radius 2 is 2.18 bits per heavy atom. The predicted molar refractivity (Wildman–Crippen MR) is 59.7 cm³/mol. The van der Waals surface area contributed by atoms with Crippen molar-refractivity contribution in [2.24, 2.45) is 10.9 Å². The Bertz CT molecular complexity index is 311. The maximum absolute atomic E-state index is 12.9. The Labute approximate surface area is 102 Å². The van der Waals surface area contributed by atoms with Gasteiger partial charge in [-0.25, -0.2) is 4.99 Å². The lowest BCUT2D eigenvalue weighted by Crippen LogP contribution is -2.67. The number of hydrogen-bond acceptors (Lipinski definition) is 5. The summed E-state index contributed by atoms with van der Waals surface area (Å²) in [5.41, 5.74) is -3.01. The number of alkyl halides is 3. The van der Waals surface area contributed by atoms with Crippen LogP contribution in [0.3, 0.4) is 0 Å². The van der Waals surface area contributed by atoms with E-state index in [4.69, 9.17) is 4.74 Å². The zero-order valence-electron chi connectivity index (χ0n) is 9.71. The highest BCUT2D eigenvalue weighted by Gasteiger charge is 2.61. The Morgan fingerprint density at radius 3 is 2.59 bits per heavy atom. The lowest BCUT2D eigenvalue weighted by Gasteiger charge is -2.42. The number of ether oxygens (including phenoxy) is 1. The van der Waals surface area contributed by atoms with Crippen LogP contribution in [0.4, 0.5) is 13.2 Å². The Kier molecular flexibility index (Phi) is 4.32. The predicted octanol–water partition coefficient (Wildman–Crippen LogP) is 1.56. The monoisotopic (exact) mass is 272 g/mol. The molecule has 1 aliphatic heterocycles. The summed E-state index contributed by atoms with van der Waals surface area (Å²) < 4.78 is 43.7. The zero-order chi connectivity index (χ0) is 13.3. The highest BCUT2D eigenvalue weighted by atomic mass is 32.2. The number of aliphatic imine (C=N–C) groups is 1. The molecule has 0 radical (unpaired) electrons. The molecule has 0 saturated carbocycles. The number of thioether (sulfide) groups is 1. The van der Waals surface area contributed by atoms with Crippen LogP contribution in [0, 0.1) is 5.92 Å². The molecule has 4 nitrogen and oxygen atoms in total. The molecule has 17 heavy (non-hydrogen) atoms. The van der Waals surface area contributed by atoms with Crippen molar-refractivity contribution in [3.8, 4) is 0 Å². The number of hydrogen-bond donors (Lipinski definition) is 2. The molecule has 3 atom stereocenters. The number of nitrogens with zero attached hydrogens (tertiary/aromatic N) is 1. The maximum Gasteiger partial charge on any atom is 0.436 e. The van der Waals surface area contributed by atoms with Gasteiger partial charge in [0, 0.05) is 6.61 Å². The molecule has 0 saturated heterocycles. The van der Waals surface area contributed by atoms with Gasteiger partial charge in [0.15, 0.2) is 11.4 Å². The first kappa shape index (κ1) is 14.6. The zero-order valence-corrected chi connectivity index (χ0v) is 10.5. The van der Waals surface area contributed by atoms with E-state index in [0.29, 0.717) is 0 Å². The van der Waals surface area contributed by atoms with Gasteiger partial charge in [-0.1, -0.05) is 18.7 Å². The van der Waals surface area contributed by atoms with Crippen LogP contribution in [0.15, 0.2) is 4.99 Å². The van der Waals surface area contributed by atoms with Crippen molar-refractivity contribution in [1.29, 1.82) is 0 Å². The molecular formula is C9H15F3N2O2S. The molecule has 0 aliphatic carbocycles. The summed E-state index contributed by atoms with van der Waals surface area (Å²) >= 11 is 0.995. The summed E-state index contributed by atoms with van der Waals surface area (Å²) in [7, 11) is 0. The Balaban J connectivity index is 3.07. The van der Waals surface area contributed by atoms with Crippen molar-refractivity contribution in [3.05, 3.63) is 0 Å². The number of nitrogens with one attached hydrogen (secondary N) is 1. The van der Waals surface area contributed by atoms with Crippen LogP contribution in [-0.4, -0.2) is 41.3 Å². The van der Waals surface area contributed by atoms with Gasteiger partial charge in [-0.3, -0.25) is 0 Å². The third-order valence-corrected chi connectivity index (χ3v) is 3.19. The fourth-order valence-corrected chi connectivity index (χ4v) is 1.99. The second-order valence-corrected chi connectivity index (χ2v) is 4.46. The van der Waals surface area contributed by atoms with E-state index in [-0.39, 0.29) is 11.8 Å². The molecule has 1 aliphatic rings. The molecule has 2 N–H and O–H groups in total. The van der Waals surface area contributed by atoms with E-state index in [1.807, 2.05) is 5.32 Å². The highest BCUT2D eigenvalue weighted by Crippen LogP contribution is 2.39. The Morgan fingerprint density at radius 1 is 1.59 bits per heavy atom. The summed E-state index contributed by atoms with van der Waals surface area (Å²) in [6.45, 7) is 3.14. The Hall–Kier alpha value is -0.470. The van der Waals surface area contributed by atoms with E-state index in [1.165, 1.54) is 6.92 Å². The molecule has 0 aromatic heterocycles. The van der Waals surface area contributed by atoms with Crippen molar-refractivity contribution in [2.75, 3.05) is 12.9 Å². The van der Waals surface area contributed by atoms with E-state index in [9.17, 15) is 18.3 Å². The van der Waals surface area contributed by atoms with Crippen LogP contribution in [0.25, 0.3) is 0 Å². The fraction of sp³-hybridized carbons (Fsp3) is 0.889. The number of rotatable bonds is 2. The van der Waals surface area contributed by atoms with Gasteiger partial charge in [0.25, 0.3) is 0 Å². The molecule has 0 aromatic rings. The minimum atomic E-state index is -4.79. The van der Waals surface area contributed by atoms with Crippen molar-refractivity contribution in [1.82, 2.24) is 5.32 Å². The van der Waals surface area contributed by atoms with E-state index < -0.39 is 24.0 Å². The molecule has 0 bridgehead atoms. The molecule has 0 fully saturated rings. The van der Waals surface area contributed by atoms with Crippen LogP contribution in [-0.2, 0) is 4.74 Å². The fourth-order valence-electron chi connectivity index (χ4n) is 1.53. The summed E-state index contributed by atoms with van der Waals surface area (Å²) in [5, 5.41) is 11.8. The van der Waals surface area contributed by atoms with Gasteiger partial charge in [0.2, 0.25) is 5.72 Å². The van der Waals surface area contributed by atoms with Crippen LogP contribution in [0.5, 0.6) is 0 Å². The van der Waals surface area contributed by atoms with Gasteiger partial charge in [-0.2, -0.15) is 13.2 Å². The van der Waals surface area contributed by atoms with E-state index in [1.54, 1.807) is 13.2 Å². The highest BCUT2D eigenvalue weighted by molar-refractivity contribution is 8.13. The average Bonchev–Trinajstić information content (AvgIpc) is 2.23. The number of halogens is 3. The molecule has 0 aromatic carbocycles. The third kappa shape index (κ3) is 2.69. The quantitative estimate of drug-likeness (QED) is 0.801. The normalized spacial score (nSPS) is 34.2. The van der Waals surface area contributed by atoms with Gasteiger partial charge in [0.05, 0.1) is 5.92 Å². The molecule has 0 amide bonds. The lowest BCUT2D eigenvalue weighted by atomic mass is 9.94. The first-order valence-corrected chi connectivity index (χ1v) is 6.29. The van der Waals surface area contributed by atoms with Gasteiger partial charge in [-0.05, 0) is 13.2 Å². The second kappa shape index (κ2) is 5.03. The third-order valence-electron chi connectivity index (χ3n) is 2.59. The molecule has 3 unspecified atom stereocenters. The SMILES string of the molecule is CCOC1N=C(SC)NC(O)(C(F)(F)F)C1C. The lowest BCUT2D eigenvalue weighted by molar-refractivity contribution is -0.297. The van der Waals surface area contributed by atoms with Crippen LogP contribution in [0.1, 0.15) is 13.8 Å². The summed E-state index contributed by atoms with van der Waals surface area (Å²) in [6.07, 6.45) is -4.23. The minimum absolute atomic E-state index is 0.0152. The first-order chi connectivity index (χ1) is 7.76. The largest absolute Gasteiger partial charge is 0.436 e. The van der Waals surface area contributed by atoms with Crippen LogP contribution in [0.2, 0.25) is 0 Å². The summed E-state index contributed by atoms with van der Waals surface area (Å²) in [6, 6.07) is 0. The first-order valence-electron chi connectivity index (χ1n) is 5.07. The molecule has 100 valence electrons. The second-order valence-electron chi connectivity index (χ2n) is 3.66. The number of amidine groups is 1. The van der Waals surface area contributed by atoms with Gasteiger partial charge < -0.3 is 15.2 Å². The number of aliphatic hydroxyl groups is 1. The van der Waals surface area contributed by atoms with E-state index >= 15 is 0 Å². The molecular weight excluding hydrogens is 257 g/mol. The maximum atomic E-state index is 12.9.